The van der Waals surface area contributed by atoms with Crippen LogP contribution in [0.1, 0.15) is 10.4 Å². The van der Waals surface area contributed by atoms with Crippen molar-refractivity contribution in [2.75, 3.05) is 7.11 Å². The molecule has 1 rings (SSSR count). The van der Waals surface area contributed by atoms with E-state index in [1.165, 1.54) is 0 Å². The Morgan fingerprint density at radius 1 is 1.50 bits per heavy atom. The molecule has 0 aliphatic carbocycles. The van der Waals surface area contributed by atoms with Crippen LogP contribution in [0.2, 0.25) is 0 Å². The first kappa shape index (κ1) is 10.1. The second-order valence-corrected chi connectivity index (χ2v) is 2.36. The van der Waals surface area contributed by atoms with Crippen molar-refractivity contribution in [1.82, 2.24) is 0 Å². The molecule has 0 fully saturated rings. The normalized spacial score (nSPS) is 9.29. The lowest BCUT2D eigenvalue weighted by atomic mass is 10.1. The Kier molecular flexibility index (Phi) is 2.77. The molecular weight excluding hydrogens is 192 g/mol. The second kappa shape index (κ2) is 3.83. The van der Waals surface area contributed by atoms with E-state index in [1.807, 2.05) is 0 Å². The number of ether oxygens (including phenoxy) is 1. The maximum absolute atomic E-state index is 13.2. The first-order valence-electron chi connectivity index (χ1n) is 3.55. The molecule has 3 nitrogen and oxygen atoms in total. The maximum Gasteiger partial charge on any atom is 0.342 e. The van der Waals surface area contributed by atoms with E-state index < -0.39 is 28.9 Å². The van der Waals surface area contributed by atoms with E-state index in [-0.39, 0.29) is 0 Å². The average Bonchev–Trinajstić information content (AvgIpc) is 2.18. The molecule has 14 heavy (non-hydrogen) atoms. The zero-order chi connectivity index (χ0) is 10.7. The molecule has 0 bridgehead atoms. The largest absolute Gasteiger partial charge is 0.465 e. The van der Waals surface area contributed by atoms with Gasteiger partial charge in [-0.1, -0.05) is 6.07 Å². The minimum Gasteiger partial charge on any atom is -0.465 e. The fourth-order valence-electron chi connectivity index (χ4n) is 0.917. The molecule has 0 saturated carbocycles. The van der Waals surface area contributed by atoms with Gasteiger partial charge in [-0.2, -0.15) is 0 Å². The molecule has 1 aromatic carbocycles. The predicted molar refractivity (Wildman–Crippen MR) is 44.0 cm³/mol. The summed E-state index contributed by atoms with van der Waals surface area (Å²) in [7, 11) is 1.01. The molecule has 0 saturated heterocycles. The molecule has 0 aliphatic heterocycles. The molecule has 0 N–H and O–H groups in total. The van der Waals surface area contributed by atoms with Crippen LogP contribution in [0.4, 0.5) is 14.5 Å². The molecule has 0 spiro atoms. The van der Waals surface area contributed by atoms with Crippen molar-refractivity contribution < 1.29 is 18.3 Å². The topological polar surface area (TPSA) is 30.7 Å². The van der Waals surface area contributed by atoms with Crippen LogP contribution in [0.3, 0.4) is 0 Å². The molecule has 1 aromatic rings. The van der Waals surface area contributed by atoms with E-state index in [9.17, 15) is 13.6 Å². The van der Waals surface area contributed by atoms with Crippen LogP contribution in [0.5, 0.6) is 0 Å². The van der Waals surface area contributed by atoms with Gasteiger partial charge in [-0.3, -0.25) is 0 Å². The second-order valence-electron chi connectivity index (χ2n) is 2.36. The highest BCUT2D eigenvalue weighted by atomic mass is 19.1. The van der Waals surface area contributed by atoms with Gasteiger partial charge in [0.2, 0.25) is 5.69 Å². The minimum atomic E-state index is -1.19. The Morgan fingerprint density at radius 2 is 2.14 bits per heavy atom. The lowest BCUT2D eigenvalue weighted by Gasteiger charge is -2.03. The third-order valence-corrected chi connectivity index (χ3v) is 1.58. The van der Waals surface area contributed by atoms with Crippen molar-refractivity contribution in [3.05, 3.63) is 40.7 Å². The standard InChI is InChI=1S/C9H5F2NO2/c1-12-6-4-3-5(10)7(8(6)11)9(13)14-2/h3-4H,2H3. The number of rotatable bonds is 1. The van der Waals surface area contributed by atoms with E-state index in [4.69, 9.17) is 6.57 Å². The Hall–Kier alpha value is -1.96. The highest BCUT2D eigenvalue weighted by Gasteiger charge is 2.20. The zero-order valence-corrected chi connectivity index (χ0v) is 7.17. The number of nitrogens with zero attached hydrogens (tertiary/aromatic N) is 1. The molecule has 0 aliphatic rings. The molecule has 0 aromatic heterocycles. The summed E-state index contributed by atoms with van der Waals surface area (Å²) in [6.45, 7) is 6.56. The van der Waals surface area contributed by atoms with Crippen molar-refractivity contribution in [2.24, 2.45) is 0 Å². The lowest BCUT2D eigenvalue weighted by molar-refractivity contribution is 0.0590. The first-order valence-corrected chi connectivity index (χ1v) is 3.55. The van der Waals surface area contributed by atoms with Gasteiger partial charge in [0.25, 0.3) is 0 Å². The molecule has 0 amide bonds. The van der Waals surface area contributed by atoms with E-state index in [0.717, 1.165) is 19.2 Å². The Bertz CT molecular complexity index is 424. The highest BCUT2D eigenvalue weighted by Crippen LogP contribution is 2.23. The van der Waals surface area contributed by atoms with Gasteiger partial charge in [-0.05, 0) is 6.07 Å². The smallest absolute Gasteiger partial charge is 0.342 e. The van der Waals surface area contributed by atoms with Gasteiger partial charge in [0.15, 0.2) is 0 Å². The monoisotopic (exact) mass is 197 g/mol. The van der Waals surface area contributed by atoms with Gasteiger partial charge in [0.05, 0.1) is 13.7 Å². The van der Waals surface area contributed by atoms with Gasteiger partial charge in [0, 0.05) is 0 Å². The molecule has 0 atom stereocenters. The summed E-state index contributed by atoms with van der Waals surface area (Å²) >= 11 is 0. The van der Waals surface area contributed by atoms with E-state index in [1.54, 1.807) is 0 Å². The van der Waals surface area contributed by atoms with Gasteiger partial charge < -0.3 is 4.74 Å². The maximum atomic E-state index is 13.2. The molecule has 0 unspecified atom stereocenters. The lowest BCUT2D eigenvalue weighted by Crippen LogP contribution is -2.07. The SMILES string of the molecule is [C-]#[N+]c1ccc(F)c(C(=O)OC)c1F. The fourth-order valence-corrected chi connectivity index (χ4v) is 0.917. The Labute approximate surface area is 78.7 Å². The van der Waals surface area contributed by atoms with Crippen LogP contribution < -0.4 is 0 Å². The van der Waals surface area contributed by atoms with Crippen LogP contribution in [-0.4, -0.2) is 13.1 Å². The third-order valence-electron chi connectivity index (χ3n) is 1.58. The predicted octanol–water partition coefficient (Wildman–Crippen LogP) is 2.30. The van der Waals surface area contributed by atoms with Gasteiger partial charge >= 0.3 is 5.97 Å². The van der Waals surface area contributed by atoms with Crippen molar-refractivity contribution in [1.29, 1.82) is 0 Å². The number of carbonyl (C=O) groups excluding carboxylic acids is 1. The quantitative estimate of drug-likeness (QED) is 0.510. The molecular formula is C9H5F2NO2. The summed E-state index contributed by atoms with van der Waals surface area (Å²) in [5.74, 6) is -3.36. The van der Waals surface area contributed by atoms with Gasteiger partial charge in [0.1, 0.15) is 17.2 Å². The number of esters is 1. The summed E-state index contributed by atoms with van der Waals surface area (Å²) in [4.78, 5) is 13.7. The number of hydrogen-bond acceptors (Lipinski definition) is 2. The minimum absolute atomic E-state index is 0.410. The zero-order valence-electron chi connectivity index (χ0n) is 7.17. The van der Waals surface area contributed by atoms with Crippen molar-refractivity contribution >= 4 is 11.7 Å². The van der Waals surface area contributed by atoms with E-state index in [2.05, 4.69) is 9.58 Å². The first-order chi connectivity index (χ1) is 6.61. The Morgan fingerprint density at radius 3 is 2.64 bits per heavy atom. The van der Waals surface area contributed by atoms with Crippen LogP contribution in [0.25, 0.3) is 4.85 Å². The van der Waals surface area contributed by atoms with E-state index in [0.29, 0.717) is 0 Å². The third kappa shape index (κ3) is 1.55. The Balaban J connectivity index is 3.42. The summed E-state index contributed by atoms with van der Waals surface area (Å²) in [5.41, 5.74) is -1.24. The molecule has 72 valence electrons. The molecule has 5 heteroatoms. The van der Waals surface area contributed by atoms with Crippen molar-refractivity contribution in [3.8, 4) is 0 Å². The summed E-state index contributed by atoms with van der Waals surface area (Å²) in [6, 6.07) is 1.81. The van der Waals surface area contributed by atoms with Crippen molar-refractivity contribution in [2.45, 2.75) is 0 Å². The summed E-state index contributed by atoms with van der Waals surface area (Å²) < 4.78 is 30.4. The average molecular weight is 197 g/mol. The van der Waals surface area contributed by atoms with E-state index >= 15 is 0 Å². The van der Waals surface area contributed by atoms with Crippen LogP contribution in [0.15, 0.2) is 12.1 Å². The van der Waals surface area contributed by atoms with Crippen LogP contribution in [-0.2, 0) is 4.74 Å². The van der Waals surface area contributed by atoms with Crippen molar-refractivity contribution in [3.63, 3.8) is 0 Å². The van der Waals surface area contributed by atoms with Gasteiger partial charge in [-0.25, -0.2) is 18.4 Å². The van der Waals surface area contributed by atoms with Crippen LogP contribution in [0, 0.1) is 18.2 Å². The number of benzene rings is 1. The van der Waals surface area contributed by atoms with Crippen LogP contribution >= 0.6 is 0 Å². The summed E-state index contributed by atoms with van der Waals surface area (Å²) in [5, 5.41) is 0. The number of methoxy groups -OCH3 is 1. The molecule has 0 heterocycles. The van der Waals surface area contributed by atoms with Gasteiger partial charge in [-0.15, -0.1) is 0 Å². The summed E-state index contributed by atoms with van der Waals surface area (Å²) in [6.07, 6.45) is 0. The number of halogens is 2. The number of carbonyl (C=O) groups is 1. The molecule has 0 radical (unpaired) electrons. The number of hydrogen-bond donors (Lipinski definition) is 0. The highest BCUT2D eigenvalue weighted by molar-refractivity contribution is 5.91. The fraction of sp³-hybridized carbons (Fsp3) is 0.111.